The van der Waals surface area contributed by atoms with E-state index in [1.54, 1.807) is 17.4 Å². The lowest BCUT2D eigenvalue weighted by atomic mass is 10.1. The maximum absolute atomic E-state index is 12.1. The Morgan fingerprint density at radius 2 is 2.09 bits per heavy atom. The van der Waals surface area contributed by atoms with Crippen LogP contribution in [0.5, 0.6) is 0 Å². The molecule has 2 aromatic rings. The van der Waals surface area contributed by atoms with Gasteiger partial charge in [-0.2, -0.15) is 0 Å². The molecule has 1 atom stereocenters. The molecule has 0 saturated carbocycles. The number of nitrogens with zero attached hydrogens (tertiary/aromatic N) is 3. The highest BCUT2D eigenvalue weighted by Gasteiger charge is 2.32. The molecule has 1 aromatic carbocycles. The van der Waals surface area contributed by atoms with Crippen LogP contribution in [0.25, 0.3) is 5.69 Å². The fourth-order valence-corrected chi connectivity index (χ4v) is 3.58. The minimum absolute atomic E-state index is 0.0866. The van der Waals surface area contributed by atoms with Crippen LogP contribution in [0.3, 0.4) is 0 Å². The van der Waals surface area contributed by atoms with Gasteiger partial charge in [0.2, 0.25) is 15.9 Å². The van der Waals surface area contributed by atoms with Crippen molar-refractivity contribution in [3.05, 3.63) is 43.0 Å². The molecule has 116 valence electrons. The number of carbonyl (C=O) groups is 1. The number of hydrogen-bond acceptors (Lipinski definition) is 4. The van der Waals surface area contributed by atoms with Gasteiger partial charge < -0.3 is 9.47 Å². The van der Waals surface area contributed by atoms with Gasteiger partial charge >= 0.3 is 0 Å². The molecule has 0 bridgehead atoms. The summed E-state index contributed by atoms with van der Waals surface area (Å²) in [7, 11) is -3.57. The standard InChI is InChI=1S/C14H16N4O3S/c15-22(20,21)9-11-6-14(19)18(8-11)13-3-1-2-12(7-13)17-5-4-16-10-17/h1-5,7,10-11H,6,8-9H2,(H2,15,20,21). The van der Waals surface area contributed by atoms with Crippen LogP contribution < -0.4 is 10.0 Å². The maximum Gasteiger partial charge on any atom is 0.227 e. The van der Waals surface area contributed by atoms with E-state index >= 15 is 0 Å². The van der Waals surface area contributed by atoms with Crippen LogP contribution in [0.2, 0.25) is 0 Å². The first-order valence-corrected chi connectivity index (χ1v) is 8.53. The van der Waals surface area contributed by atoms with Crippen molar-refractivity contribution < 1.29 is 13.2 Å². The van der Waals surface area contributed by atoms with Crippen molar-refractivity contribution in [1.82, 2.24) is 9.55 Å². The van der Waals surface area contributed by atoms with E-state index < -0.39 is 10.0 Å². The van der Waals surface area contributed by atoms with Crippen molar-refractivity contribution in [2.24, 2.45) is 11.1 Å². The summed E-state index contributed by atoms with van der Waals surface area (Å²) in [6.45, 7) is 0.364. The lowest BCUT2D eigenvalue weighted by Gasteiger charge is -2.17. The second-order valence-electron chi connectivity index (χ2n) is 5.39. The van der Waals surface area contributed by atoms with E-state index in [1.807, 2.05) is 35.0 Å². The lowest BCUT2D eigenvalue weighted by Crippen LogP contribution is -2.27. The molecule has 1 fully saturated rings. The molecule has 1 unspecified atom stereocenters. The molecule has 0 radical (unpaired) electrons. The summed E-state index contributed by atoms with van der Waals surface area (Å²) in [5, 5.41) is 5.07. The van der Waals surface area contributed by atoms with Gasteiger partial charge in [0.1, 0.15) is 0 Å². The van der Waals surface area contributed by atoms with Crippen molar-refractivity contribution in [3.63, 3.8) is 0 Å². The maximum atomic E-state index is 12.1. The number of nitrogens with two attached hydrogens (primary N) is 1. The van der Waals surface area contributed by atoms with Crippen molar-refractivity contribution in [2.45, 2.75) is 6.42 Å². The second-order valence-corrected chi connectivity index (χ2v) is 7.05. The number of amides is 1. The van der Waals surface area contributed by atoms with Crippen LogP contribution in [-0.4, -0.2) is 36.2 Å². The summed E-state index contributed by atoms with van der Waals surface area (Å²) in [5.74, 6) is -0.521. The van der Waals surface area contributed by atoms with Gasteiger partial charge in [-0.1, -0.05) is 6.07 Å². The first-order valence-electron chi connectivity index (χ1n) is 6.81. The second kappa shape index (κ2) is 5.54. The zero-order valence-corrected chi connectivity index (χ0v) is 12.6. The van der Waals surface area contributed by atoms with Gasteiger partial charge in [0.25, 0.3) is 0 Å². The Kier molecular flexibility index (Phi) is 3.71. The highest BCUT2D eigenvalue weighted by atomic mass is 32.2. The molecule has 2 heterocycles. The molecule has 1 aliphatic rings. The molecule has 1 saturated heterocycles. The summed E-state index contributed by atoms with van der Waals surface area (Å²) >= 11 is 0. The average Bonchev–Trinajstić information content (AvgIpc) is 3.07. The molecule has 3 rings (SSSR count). The third-order valence-corrected chi connectivity index (χ3v) is 4.55. The topological polar surface area (TPSA) is 98.3 Å². The molecule has 1 aromatic heterocycles. The van der Waals surface area contributed by atoms with Crippen LogP contribution in [-0.2, 0) is 14.8 Å². The Morgan fingerprint density at radius 1 is 1.32 bits per heavy atom. The minimum atomic E-state index is -3.57. The van der Waals surface area contributed by atoms with E-state index in [4.69, 9.17) is 5.14 Å². The number of sulfonamides is 1. The first kappa shape index (κ1) is 14.7. The third-order valence-electron chi connectivity index (χ3n) is 3.62. The van der Waals surface area contributed by atoms with Crippen molar-refractivity contribution in [3.8, 4) is 5.69 Å². The van der Waals surface area contributed by atoms with Crippen LogP contribution >= 0.6 is 0 Å². The van der Waals surface area contributed by atoms with E-state index in [0.29, 0.717) is 6.54 Å². The number of primary sulfonamides is 1. The van der Waals surface area contributed by atoms with E-state index in [0.717, 1.165) is 11.4 Å². The highest BCUT2D eigenvalue weighted by Crippen LogP contribution is 2.27. The number of benzene rings is 1. The van der Waals surface area contributed by atoms with Gasteiger partial charge in [0, 0.05) is 42.7 Å². The van der Waals surface area contributed by atoms with Gasteiger partial charge in [0.15, 0.2) is 0 Å². The number of carbonyl (C=O) groups excluding carboxylic acids is 1. The zero-order chi connectivity index (χ0) is 15.7. The molecular weight excluding hydrogens is 304 g/mol. The molecule has 0 aliphatic carbocycles. The quantitative estimate of drug-likeness (QED) is 0.887. The SMILES string of the molecule is NS(=O)(=O)CC1CC(=O)N(c2cccc(-n3ccnc3)c2)C1. The third kappa shape index (κ3) is 3.18. The zero-order valence-electron chi connectivity index (χ0n) is 11.8. The lowest BCUT2D eigenvalue weighted by molar-refractivity contribution is -0.117. The number of aromatic nitrogens is 2. The van der Waals surface area contributed by atoms with Crippen LogP contribution in [0.1, 0.15) is 6.42 Å². The summed E-state index contributed by atoms with van der Waals surface area (Å²) in [4.78, 5) is 17.7. The van der Waals surface area contributed by atoms with Crippen molar-refractivity contribution >= 4 is 21.6 Å². The molecule has 0 spiro atoms. The van der Waals surface area contributed by atoms with Crippen molar-refractivity contribution in [2.75, 3.05) is 17.2 Å². The van der Waals surface area contributed by atoms with Gasteiger partial charge in [-0.15, -0.1) is 0 Å². The van der Waals surface area contributed by atoms with Crippen molar-refractivity contribution in [1.29, 1.82) is 0 Å². The minimum Gasteiger partial charge on any atom is -0.312 e. The Hall–Kier alpha value is -2.19. The normalized spacial score (nSPS) is 18.9. The molecule has 7 nitrogen and oxygen atoms in total. The number of rotatable bonds is 4. The van der Waals surface area contributed by atoms with Crippen LogP contribution in [0.15, 0.2) is 43.0 Å². The molecule has 1 aliphatic heterocycles. The summed E-state index contributed by atoms with van der Waals surface area (Å²) in [6, 6.07) is 7.47. The summed E-state index contributed by atoms with van der Waals surface area (Å²) < 4.78 is 24.2. The van der Waals surface area contributed by atoms with E-state index in [-0.39, 0.29) is 24.0 Å². The Bertz CT molecular complexity index is 786. The largest absolute Gasteiger partial charge is 0.312 e. The molecule has 8 heteroatoms. The number of imidazole rings is 1. The van der Waals surface area contributed by atoms with Gasteiger partial charge in [-0.25, -0.2) is 18.5 Å². The predicted octanol–water partition coefficient (Wildman–Crippen LogP) is 0.514. The Balaban J connectivity index is 1.83. The summed E-state index contributed by atoms with van der Waals surface area (Å²) in [6.07, 6.45) is 5.37. The van der Waals surface area contributed by atoms with Crippen LogP contribution in [0, 0.1) is 5.92 Å². The van der Waals surface area contributed by atoms with Gasteiger partial charge in [0.05, 0.1) is 12.1 Å². The fraction of sp³-hybridized carbons (Fsp3) is 0.286. The van der Waals surface area contributed by atoms with Gasteiger partial charge in [-0.3, -0.25) is 4.79 Å². The Labute approximate surface area is 128 Å². The monoisotopic (exact) mass is 320 g/mol. The Morgan fingerprint density at radius 3 is 2.77 bits per heavy atom. The molecule has 1 amide bonds. The summed E-state index contributed by atoms with van der Waals surface area (Å²) in [5.41, 5.74) is 1.63. The van der Waals surface area contributed by atoms with Crippen LogP contribution in [0.4, 0.5) is 5.69 Å². The fourth-order valence-electron chi connectivity index (χ4n) is 2.70. The van der Waals surface area contributed by atoms with E-state index in [1.165, 1.54) is 0 Å². The molecule has 22 heavy (non-hydrogen) atoms. The van der Waals surface area contributed by atoms with E-state index in [9.17, 15) is 13.2 Å². The molecular formula is C14H16N4O3S. The number of hydrogen-bond donors (Lipinski definition) is 1. The predicted molar refractivity (Wildman–Crippen MR) is 82.0 cm³/mol. The molecule has 2 N–H and O–H groups in total. The van der Waals surface area contributed by atoms with E-state index in [2.05, 4.69) is 4.98 Å². The number of anilines is 1. The average molecular weight is 320 g/mol. The van der Waals surface area contributed by atoms with Gasteiger partial charge in [-0.05, 0) is 18.2 Å². The highest BCUT2D eigenvalue weighted by molar-refractivity contribution is 7.89. The first-order chi connectivity index (χ1) is 10.4. The smallest absolute Gasteiger partial charge is 0.227 e.